The van der Waals surface area contributed by atoms with Crippen LogP contribution in [0.15, 0.2) is 51.6 Å². The molecule has 3 heteroatoms. The monoisotopic (exact) mass is 265 g/mol. The summed E-state index contributed by atoms with van der Waals surface area (Å²) in [6, 6.07) is 12.1. The lowest BCUT2D eigenvalue weighted by molar-refractivity contribution is 0.462. The highest BCUT2D eigenvalue weighted by Gasteiger charge is 2.16. The second-order valence-electron chi connectivity index (χ2n) is 3.26. The van der Waals surface area contributed by atoms with E-state index in [1.54, 1.807) is 6.26 Å². The summed E-state index contributed by atoms with van der Waals surface area (Å²) in [5, 5.41) is 3.24. The van der Waals surface area contributed by atoms with Gasteiger partial charge >= 0.3 is 0 Å². The summed E-state index contributed by atoms with van der Waals surface area (Å²) < 4.78 is 6.50. The van der Waals surface area contributed by atoms with Crippen molar-refractivity contribution >= 4 is 15.9 Å². The first-order valence-corrected chi connectivity index (χ1v) is 5.57. The van der Waals surface area contributed by atoms with Gasteiger partial charge in [0.05, 0.1) is 12.3 Å². The normalized spacial score (nSPS) is 12.7. The van der Waals surface area contributed by atoms with Crippen molar-refractivity contribution in [2.75, 3.05) is 7.05 Å². The van der Waals surface area contributed by atoms with E-state index in [0.29, 0.717) is 0 Å². The zero-order valence-corrected chi connectivity index (χ0v) is 9.99. The number of hydrogen-bond acceptors (Lipinski definition) is 2. The van der Waals surface area contributed by atoms with Gasteiger partial charge in [-0.2, -0.15) is 0 Å². The molecule has 0 aliphatic rings. The summed E-state index contributed by atoms with van der Waals surface area (Å²) in [6.45, 7) is 0. The first-order chi connectivity index (χ1) is 7.33. The number of hydrogen-bond donors (Lipinski definition) is 1. The summed E-state index contributed by atoms with van der Waals surface area (Å²) >= 11 is 3.54. The average Bonchev–Trinajstić information content (AvgIpc) is 2.75. The molecule has 0 radical (unpaired) electrons. The lowest BCUT2D eigenvalue weighted by Crippen LogP contribution is -2.17. The zero-order valence-electron chi connectivity index (χ0n) is 8.41. The number of halogens is 1. The largest absolute Gasteiger partial charge is 0.467 e. The minimum Gasteiger partial charge on any atom is -0.467 e. The van der Waals surface area contributed by atoms with Crippen LogP contribution in [0.2, 0.25) is 0 Å². The molecule has 1 aromatic heterocycles. The molecule has 0 aliphatic carbocycles. The minimum absolute atomic E-state index is 0.0931. The van der Waals surface area contributed by atoms with Crippen molar-refractivity contribution < 1.29 is 4.42 Å². The smallest absolute Gasteiger partial charge is 0.125 e. The first-order valence-electron chi connectivity index (χ1n) is 4.78. The summed E-state index contributed by atoms with van der Waals surface area (Å²) in [5.74, 6) is 0.921. The minimum atomic E-state index is 0.0931. The van der Waals surface area contributed by atoms with Gasteiger partial charge in [-0.15, -0.1) is 0 Å². The third-order valence-electron chi connectivity index (χ3n) is 2.33. The Morgan fingerprint density at radius 1 is 1.20 bits per heavy atom. The fraction of sp³-hybridized carbons (Fsp3) is 0.167. The molecule has 0 fully saturated rings. The van der Waals surface area contributed by atoms with Gasteiger partial charge in [0.2, 0.25) is 0 Å². The molecule has 0 saturated heterocycles. The highest BCUT2D eigenvalue weighted by Crippen LogP contribution is 2.28. The molecule has 2 rings (SSSR count). The molecule has 0 saturated carbocycles. The van der Waals surface area contributed by atoms with Crippen LogP contribution in [0.25, 0.3) is 0 Å². The van der Waals surface area contributed by atoms with E-state index < -0.39 is 0 Å². The summed E-state index contributed by atoms with van der Waals surface area (Å²) in [4.78, 5) is 0. The number of nitrogens with one attached hydrogen (secondary N) is 1. The Kier molecular flexibility index (Phi) is 3.23. The Hall–Kier alpha value is -1.06. The summed E-state index contributed by atoms with van der Waals surface area (Å²) in [6.07, 6.45) is 1.69. The molecule has 1 atom stereocenters. The predicted molar refractivity (Wildman–Crippen MR) is 63.8 cm³/mol. The summed E-state index contributed by atoms with van der Waals surface area (Å²) in [7, 11) is 1.92. The third-order valence-corrected chi connectivity index (χ3v) is 3.05. The maximum Gasteiger partial charge on any atom is 0.125 e. The molecule has 0 spiro atoms. The predicted octanol–water partition coefficient (Wildman–Crippen LogP) is 3.35. The Bertz CT molecular complexity index is 425. The van der Waals surface area contributed by atoms with Crippen molar-refractivity contribution in [2.24, 2.45) is 0 Å². The molecule has 1 unspecified atom stereocenters. The average molecular weight is 266 g/mol. The standard InChI is InChI=1S/C12H12BrNO/c1-14-12(11-7-4-8-15-11)9-5-2-3-6-10(9)13/h2-8,12,14H,1H3. The van der Waals surface area contributed by atoms with Crippen molar-refractivity contribution in [1.29, 1.82) is 0 Å². The van der Waals surface area contributed by atoms with Crippen LogP contribution in [0.5, 0.6) is 0 Å². The van der Waals surface area contributed by atoms with E-state index >= 15 is 0 Å². The second kappa shape index (κ2) is 4.64. The highest BCUT2D eigenvalue weighted by atomic mass is 79.9. The van der Waals surface area contributed by atoms with Gasteiger partial charge in [0, 0.05) is 4.47 Å². The van der Waals surface area contributed by atoms with E-state index in [-0.39, 0.29) is 6.04 Å². The molecule has 1 N–H and O–H groups in total. The topological polar surface area (TPSA) is 25.2 Å². The van der Waals surface area contributed by atoms with E-state index in [2.05, 4.69) is 27.3 Å². The van der Waals surface area contributed by atoms with Crippen LogP contribution >= 0.6 is 15.9 Å². The van der Waals surface area contributed by atoms with E-state index in [1.807, 2.05) is 37.4 Å². The Balaban J connectivity index is 2.40. The maximum absolute atomic E-state index is 5.41. The van der Waals surface area contributed by atoms with Crippen molar-refractivity contribution in [3.05, 3.63) is 58.5 Å². The molecule has 0 aliphatic heterocycles. The summed E-state index contributed by atoms with van der Waals surface area (Å²) in [5.41, 5.74) is 1.18. The van der Waals surface area contributed by atoms with Gasteiger partial charge in [0.15, 0.2) is 0 Å². The fourth-order valence-corrected chi connectivity index (χ4v) is 2.13. The van der Waals surface area contributed by atoms with Crippen LogP contribution < -0.4 is 5.32 Å². The Labute approximate surface area is 97.4 Å². The van der Waals surface area contributed by atoms with E-state index in [1.165, 1.54) is 5.56 Å². The molecular weight excluding hydrogens is 254 g/mol. The van der Waals surface area contributed by atoms with Crippen LogP contribution in [0.1, 0.15) is 17.4 Å². The molecule has 15 heavy (non-hydrogen) atoms. The lowest BCUT2D eigenvalue weighted by Gasteiger charge is -2.15. The lowest BCUT2D eigenvalue weighted by atomic mass is 10.1. The molecule has 1 heterocycles. The molecule has 0 amide bonds. The SMILES string of the molecule is CNC(c1ccco1)c1ccccc1Br. The fourth-order valence-electron chi connectivity index (χ4n) is 1.62. The van der Waals surface area contributed by atoms with E-state index in [9.17, 15) is 0 Å². The van der Waals surface area contributed by atoms with Gasteiger partial charge in [-0.3, -0.25) is 0 Å². The van der Waals surface area contributed by atoms with Crippen LogP contribution in [-0.4, -0.2) is 7.05 Å². The van der Waals surface area contributed by atoms with Gasteiger partial charge in [-0.25, -0.2) is 0 Å². The maximum atomic E-state index is 5.41. The van der Waals surface area contributed by atoms with Crippen LogP contribution in [0.4, 0.5) is 0 Å². The van der Waals surface area contributed by atoms with Crippen molar-refractivity contribution in [1.82, 2.24) is 5.32 Å². The Morgan fingerprint density at radius 3 is 2.60 bits per heavy atom. The molecule has 78 valence electrons. The number of benzene rings is 1. The van der Waals surface area contributed by atoms with Gasteiger partial charge < -0.3 is 9.73 Å². The first kappa shape index (κ1) is 10.5. The van der Waals surface area contributed by atoms with Crippen molar-refractivity contribution in [2.45, 2.75) is 6.04 Å². The molecule has 1 aromatic carbocycles. The Morgan fingerprint density at radius 2 is 2.00 bits per heavy atom. The van der Waals surface area contributed by atoms with E-state index in [4.69, 9.17) is 4.42 Å². The van der Waals surface area contributed by atoms with Gasteiger partial charge in [-0.05, 0) is 30.8 Å². The van der Waals surface area contributed by atoms with Crippen molar-refractivity contribution in [3.8, 4) is 0 Å². The van der Waals surface area contributed by atoms with Crippen LogP contribution in [0, 0.1) is 0 Å². The molecule has 0 bridgehead atoms. The van der Waals surface area contributed by atoms with Gasteiger partial charge in [0.1, 0.15) is 5.76 Å². The molecule has 2 aromatic rings. The van der Waals surface area contributed by atoms with E-state index in [0.717, 1.165) is 10.2 Å². The zero-order chi connectivity index (χ0) is 10.7. The third kappa shape index (κ3) is 2.13. The molecular formula is C12H12BrNO. The molecule has 2 nitrogen and oxygen atoms in total. The van der Waals surface area contributed by atoms with Gasteiger partial charge in [0.25, 0.3) is 0 Å². The van der Waals surface area contributed by atoms with Crippen LogP contribution in [-0.2, 0) is 0 Å². The highest BCUT2D eigenvalue weighted by molar-refractivity contribution is 9.10. The van der Waals surface area contributed by atoms with Crippen molar-refractivity contribution in [3.63, 3.8) is 0 Å². The number of furan rings is 1. The van der Waals surface area contributed by atoms with Crippen LogP contribution in [0.3, 0.4) is 0 Å². The number of rotatable bonds is 3. The quantitative estimate of drug-likeness (QED) is 0.921. The van der Waals surface area contributed by atoms with Gasteiger partial charge in [-0.1, -0.05) is 34.1 Å². The second-order valence-corrected chi connectivity index (χ2v) is 4.11.